The van der Waals surface area contributed by atoms with Crippen LogP contribution in [0.15, 0.2) is 235 Å². The number of hydrogen-bond donors (Lipinski definition) is 0. The summed E-state index contributed by atoms with van der Waals surface area (Å²) in [6.07, 6.45) is 0. The Kier molecular flexibility index (Phi) is 8.17. The molecule has 286 valence electrons. The number of nitrogens with zero attached hydrogens (tertiary/aromatic N) is 2. The molecule has 0 saturated carbocycles. The summed E-state index contributed by atoms with van der Waals surface area (Å²) < 4.78 is 8.68. The zero-order chi connectivity index (χ0) is 40.3. The molecule has 2 heterocycles. The van der Waals surface area contributed by atoms with Gasteiger partial charge in [-0.3, -0.25) is 0 Å². The molecule has 0 aliphatic rings. The molecule has 0 unspecified atom stereocenters. The molecule has 10 aromatic carbocycles. The number of rotatable bonds is 7. The minimum Gasteiger partial charge on any atom is -0.456 e. The maximum Gasteiger partial charge on any atom is 0.135 e. The fourth-order valence-electron chi connectivity index (χ4n) is 9.49. The highest BCUT2D eigenvalue weighted by Gasteiger charge is 2.24. The van der Waals surface area contributed by atoms with E-state index in [2.05, 4.69) is 228 Å². The van der Waals surface area contributed by atoms with Gasteiger partial charge in [-0.25, -0.2) is 0 Å². The molecular weight excluding hydrogens is 741 g/mol. The first-order chi connectivity index (χ1) is 30.3. The molecule has 12 aromatic rings. The Morgan fingerprint density at radius 2 is 0.951 bits per heavy atom. The summed E-state index contributed by atoms with van der Waals surface area (Å²) in [7, 11) is 0. The van der Waals surface area contributed by atoms with Crippen molar-refractivity contribution in [3.63, 3.8) is 0 Å². The summed E-state index contributed by atoms with van der Waals surface area (Å²) in [5, 5.41) is 7.06. The minimum atomic E-state index is 0.884. The van der Waals surface area contributed by atoms with Crippen LogP contribution in [0.4, 0.5) is 17.1 Å². The van der Waals surface area contributed by atoms with Crippen molar-refractivity contribution in [3.05, 3.63) is 231 Å². The van der Waals surface area contributed by atoms with Crippen LogP contribution in [-0.4, -0.2) is 4.57 Å². The van der Waals surface area contributed by atoms with Crippen molar-refractivity contribution in [2.45, 2.75) is 0 Å². The number of aromatic nitrogens is 1. The first kappa shape index (κ1) is 34.9. The second kappa shape index (κ2) is 14.3. The maximum absolute atomic E-state index is 6.30. The van der Waals surface area contributed by atoms with Crippen LogP contribution >= 0.6 is 0 Å². The second-order valence-corrected chi connectivity index (χ2v) is 15.6. The number of furan rings is 1. The van der Waals surface area contributed by atoms with Gasteiger partial charge < -0.3 is 13.9 Å². The van der Waals surface area contributed by atoms with Crippen LogP contribution in [0.3, 0.4) is 0 Å². The van der Waals surface area contributed by atoms with Gasteiger partial charge in [0, 0.05) is 44.0 Å². The van der Waals surface area contributed by atoms with Gasteiger partial charge in [-0.05, 0) is 99.8 Å². The molecule has 0 saturated heterocycles. The van der Waals surface area contributed by atoms with E-state index in [-0.39, 0.29) is 0 Å². The van der Waals surface area contributed by atoms with Gasteiger partial charge in [0.1, 0.15) is 11.2 Å². The lowest BCUT2D eigenvalue weighted by molar-refractivity contribution is 0.669. The third-order valence-electron chi connectivity index (χ3n) is 12.2. The van der Waals surface area contributed by atoms with E-state index in [4.69, 9.17) is 4.42 Å². The summed E-state index contributed by atoms with van der Waals surface area (Å²) in [5.74, 6) is 0. The molecule has 3 heteroatoms. The van der Waals surface area contributed by atoms with Gasteiger partial charge in [0.25, 0.3) is 0 Å². The maximum atomic E-state index is 6.30. The van der Waals surface area contributed by atoms with Crippen molar-refractivity contribution >= 4 is 71.6 Å². The number of para-hydroxylation sites is 5. The summed E-state index contributed by atoms with van der Waals surface area (Å²) in [6, 6.07) is 83.1. The van der Waals surface area contributed by atoms with Gasteiger partial charge in [0.15, 0.2) is 0 Å². The first-order valence-corrected chi connectivity index (χ1v) is 20.8. The van der Waals surface area contributed by atoms with Crippen molar-refractivity contribution in [1.29, 1.82) is 0 Å². The lowest BCUT2D eigenvalue weighted by Crippen LogP contribution is -2.12. The Morgan fingerprint density at radius 3 is 1.77 bits per heavy atom. The van der Waals surface area contributed by atoms with E-state index in [9.17, 15) is 0 Å². The van der Waals surface area contributed by atoms with Crippen molar-refractivity contribution < 1.29 is 4.42 Å². The quantitative estimate of drug-likeness (QED) is 0.161. The van der Waals surface area contributed by atoms with Crippen LogP contribution in [0.1, 0.15) is 0 Å². The third-order valence-corrected chi connectivity index (χ3v) is 12.2. The Bertz CT molecular complexity index is 3590. The molecule has 0 aliphatic heterocycles. The zero-order valence-electron chi connectivity index (χ0n) is 33.2. The molecule has 0 aliphatic carbocycles. The number of fused-ring (bicyclic) bond motifs is 7. The molecule has 3 nitrogen and oxygen atoms in total. The third kappa shape index (κ3) is 5.74. The topological polar surface area (TPSA) is 21.3 Å². The van der Waals surface area contributed by atoms with Crippen LogP contribution < -0.4 is 4.90 Å². The van der Waals surface area contributed by atoms with E-state index >= 15 is 0 Å². The normalized spacial score (nSPS) is 11.6. The van der Waals surface area contributed by atoms with Gasteiger partial charge in [0.05, 0.1) is 22.4 Å². The van der Waals surface area contributed by atoms with Crippen LogP contribution in [0.25, 0.3) is 93.6 Å². The Morgan fingerprint density at radius 1 is 0.344 bits per heavy atom. The predicted octanol–water partition coefficient (Wildman–Crippen LogP) is 16.3. The van der Waals surface area contributed by atoms with Gasteiger partial charge in [0.2, 0.25) is 0 Å². The molecule has 0 radical (unpaired) electrons. The van der Waals surface area contributed by atoms with Crippen LogP contribution in [0.5, 0.6) is 0 Å². The molecule has 2 aromatic heterocycles. The molecule has 0 spiro atoms. The summed E-state index contributed by atoms with van der Waals surface area (Å²) in [5.41, 5.74) is 15.5. The van der Waals surface area contributed by atoms with E-state index in [1.165, 1.54) is 43.8 Å². The predicted molar refractivity (Wildman–Crippen MR) is 257 cm³/mol. The first-order valence-electron chi connectivity index (χ1n) is 20.8. The Hall–Kier alpha value is -8.14. The van der Waals surface area contributed by atoms with Gasteiger partial charge in [-0.2, -0.15) is 0 Å². The molecule has 0 bridgehead atoms. The van der Waals surface area contributed by atoms with Crippen molar-refractivity contribution in [2.24, 2.45) is 0 Å². The Labute approximate surface area is 353 Å². The molecule has 0 fully saturated rings. The average Bonchev–Trinajstić information content (AvgIpc) is 3.87. The van der Waals surface area contributed by atoms with Crippen LogP contribution in [-0.2, 0) is 0 Å². The standard InChI is InChI=1S/C58H38N2O/c1-3-17-39(18-4-1)45-27-15-19-40-20-16-28-49(58(40)45)46-24-8-12-30-53(46)60(43-34-35-55-50(38-43)47-25-9-13-31-54(47)59(55)42-21-5-2-6-22-42)52-29-11-7-23-44(52)41-33-36-57-51(37-41)48-26-10-14-32-56(48)61-57/h1-38H. The molecule has 0 atom stereocenters. The second-order valence-electron chi connectivity index (χ2n) is 15.6. The highest BCUT2D eigenvalue weighted by molar-refractivity contribution is 6.13. The fourth-order valence-corrected chi connectivity index (χ4v) is 9.49. The van der Waals surface area contributed by atoms with Crippen LogP contribution in [0, 0.1) is 0 Å². The molecule has 12 rings (SSSR count). The number of benzene rings is 10. The minimum absolute atomic E-state index is 0.884. The van der Waals surface area contributed by atoms with E-state index < -0.39 is 0 Å². The van der Waals surface area contributed by atoms with Crippen molar-refractivity contribution in [2.75, 3.05) is 4.90 Å². The Balaban J connectivity index is 1.14. The summed E-state index contributed by atoms with van der Waals surface area (Å²) in [4.78, 5) is 2.47. The van der Waals surface area contributed by atoms with Crippen molar-refractivity contribution in [1.82, 2.24) is 4.57 Å². The highest BCUT2D eigenvalue weighted by Crippen LogP contribution is 2.48. The monoisotopic (exact) mass is 778 g/mol. The number of anilines is 3. The molecule has 0 N–H and O–H groups in total. The fraction of sp³-hybridized carbons (Fsp3) is 0. The lowest BCUT2D eigenvalue weighted by Gasteiger charge is -2.30. The largest absolute Gasteiger partial charge is 0.456 e. The average molecular weight is 779 g/mol. The van der Waals surface area contributed by atoms with Crippen molar-refractivity contribution in [3.8, 4) is 39.1 Å². The molecule has 0 amide bonds. The highest BCUT2D eigenvalue weighted by atomic mass is 16.3. The summed E-state index contributed by atoms with van der Waals surface area (Å²) >= 11 is 0. The van der Waals surface area contributed by atoms with Gasteiger partial charge in [-0.15, -0.1) is 0 Å². The van der Waals surface area contributed by atoms with Gasteiger partial charge >= 0.3 is 0 Å². The van der Waals surface area contributed by atoms with Crippen LogP contribution in [0.2, 0.25) is 0 Å². The van der Waals surface area contributed by atoms with Gasteiger partial charge in [-0.1, -0.05) is 164 Å². The zero-order valence-corrected chi connectivity index (χ0v) is 33.2. The summed E-state index contributed by atoms with van der Waals surface area (Å²) in [6.45, 7) is 0. The molecule has 61 heavy (non-hydrogen) atoms. The van der Waals surface area contributed by atoms with E-state index in [0.29, 0.717) is 0 Å². The van der Waals surface area contributed by atoms with E-state index in [1.54, 1.807) is 0 Å². The number of hydrogen-bond acceptors (Lipinski definition) is 2. The van der Waals surface area contributed by atoms with E-state index in [1.807, 2.05) is 12.1 Å². The lowest BCUT2D eigenvalue weighted by atomic mass is 9.90. The SMILES string of the molecule is c1ccc(-c2cccc3cccc(-c4ccccc4N(c4ccc5c(c4)c4ccccc4n5-c4ccccc4)c4ccccc4-c4ccc5oc6ccccc6c5c4)c23)cc1. The van der Waals surface area contributed by atoms with E-state index in [0.717, 1.165) is 66.9 Å². The molecular formula is C58H38N2O. The smallest absolute Gasteiger partial charge is 0.135 e.